The summed E-state index contributed by atoms with van der Waals surface area (Å²) in [5.74, 6) is 1.27. The molecule has 8 heteroatoms. The van der Waals surface area contributed by atoms with Crippen molar-refractivity contribution in [3.8, 4) is 5.75 Å². The molecule has 2 atom stereocenters. The largest absolute Gasteiger partial charge is 0.486 e. The quantitative estimate of drug-likeness (QED) is 0.447. The molecule has 7 nitrogen and oxygen atoms in total. The second kappa shape index (κ2) is 8.53. The van der Waals surface area contributed by atoms with Gasteiger partial charge in [-0.25, -0.2) is 0 Å². The van der Waals surface area contributed by atoms with Gasteiger partial charge in [0.05, 0.1) is 12.7 Å². The van der Waals surface area contributed by atoms with Crippen molar-refractivity contribution < 1.29 is 19.5 Å². The molecule has 1 N–H and O–H groups in total. The molecule has 29 heavy (non-hydrogen) atoms. The van der Waals surface area contributed by atoms with E-state index in [9.17, 15) is 15.2 Å². The first-order valence-corrected chi connectivity index (χ1v) is 10.8. The summed E-state index contributed by atoms with van der Waals surface area (Å²) < 4.78 is 12.3. The summed E-state index contributed by atoms with van der Waals surface area (Å²) in [4.78, 5) is 14.1. The SMILES string of the molecule is O=[N+]([O-])[C@@]1(CO)CCCN2C(=S)COc3ccccc3C3CCC(CC3)OC[C@H]21. The number of para-hydroxylation sites is 1. The molecule has 1 saturated carbocycles. The molecule has 3 heterocycles. The van der Waals surface area contributed by atoms with E-state index in [1.54, 1.807) is 0 Å². The number of rotatable bonds is 2. The van der Waals surface area contributed by atoms with Gasteiger partial charge in [-0.1, -0.05) is 30.4 Å². The molecule has 0 aromatic heterocycles. The molecule has 1 saturated heterocycles. The third kappa shape index (κ3) is 3.85. The Kier molecular flexibility index (Phi) is 6.03. The number of benzene rings is 1. The first-order valence-electron chi connectivity index (χ1n) is 10.4. The molecule has 0 radical (unpaired) electrons. The summed E-state index contributed by atoms with van der Waals surface area (Å²) in [6.07, 6.45) is 4.84. The van der Waals surface area contributed by atoms with Gasteiger partial charge in [-0.3, -0.25) is 10.1 Å². The van der Waals surface area contributed by atoms with E-state index < -0.39 is 18.2 Å². The van der Waals surface area contributed by atoms with Crippen molar-refractivity contribution in [3.63, 3.8) is 0 Å². The Morgan fingerprint density at radius 3 is 2.76 bits per heavy atom. The van der Waals surface area contributed by atoms with E-state index in [1.807, 2.05) is 23.1 Å². The van der Waals surface area contributed by atoms with E-state index in [0.29, 0.717) is 30.3 Å². The molecule has 0 unspecified atom stereocenters. The molecule has 1 aromatic rings. The molecule has 2 bridgehead atoms. The van der Waals surface area contributed by atoms with E-state index in [-0.39, 0.29) is 24.2 Å². The van der Waals surface area contributed by atoms with Crippen molar-refractivity contribution in [2.75, 3.05) is 26.4 Å². The summed E-state index contributed by atoms with van der Waals surface area (Å²) in [5, 5.41) is 22.0. The van der Waals surface area contributed by atoms with Crippen molar-refractivity contribution in [2.24, 2.45) is 0 Å². The molecule has 0 spiro atoms. The van der Waals surface area contributed by atoms with Gasteiger partial charge in [0.2, 0.25) is 0 Å². The summed E-state index contributed by atoms with van der Waals surface area (Å²) in [7, 11) is 0. The normalized spacial score (nSPS) is 32.8. The number of aliphatic hydroxyl groups is 1. The topological polar surface area (TPSA) is 85.1 Å². The van der Waals surface area contributed by atoms with Gasteiger partial charge in [0.25, 0.3) is 5.54 Å². The molecule has 158 valence electrons. The van der Waals surface area contributed by atoms with Gasteiger partial charge < -0.3 is 19.5 Å². The fourth-order valence-electron chi connectivity index (χ4n) is 5.11. The number of hydrogen-bond acceptors (Lipinski definition) is 6. The average molecular weight is 421 g/mol. The fraction of sp³-hybridized carbons (Fsp3) is 0.667. The van der Waals surface area contributed by atoms with Crippen molar-refractivity contribution >= 4 is 17.2 Å². The number of aliphatic hydroxyl groups excluding tert-OH is 1. The maximum absolute atomic E-state index is 12.0. The lowest BCUT2D eigenvalue weighted by molar-refractivity contribution is -0.586. The Morgan fingerprint density at radius 1 is 1.28 bits per heavy atom. The monoisotopic (exact) mass is 420 g/mol. The fourth-order valence-corrected chi connectivity index (χ4v) is 5.38. The van der Waals surface area contributed by atoms with Crippen LogP contribution in [0, 0.1) is 10.1 Å². The van der Waals surface area contributed by atoms with Crippen LogP contribution in [-0.4, -0.2) is 64.0 Å². The van der Waals surface area contributed by atoms with Crippen molar-refractivity contribution in [1.29, 1.82) is 0 Å². The zero-order valence-corrected chi connectivity index (χ0v) is 17.3. The van der Waals surface area contributed by atoms with Gasteiger partial charge in [-0.15, -0.1) is 0 Å². The lowest BCUT2D eigenvalue weighted by atomic mass is 9.81. The van der Waals surface area contributed by atoms with Crippen molar-refractivity contribution in [1.82, 2.24) is 4.90 Å². The number of nitro groups is 1. The minimum atomic E-state index is -1.46. The smallest absolute Gasteiger partial charge is 0.266 e. The van der Waals surface area contributed by atoms with Gasteiger partial charge in [0.15, 0.2) is 0 Å². The van der Waals surface area contributed by atoms with E-state index in [4.69, 9.17) is 21.7 Å². The van der Waals surface area contributed by atoms with Crippen LogP contribution in [0.1, 0.15) is 50.0 Å². The molecule has 3 aliphatic heterocycles. The number of piperidine rings is 1. The van der Waals surface area contributed by atoms with Gasteiger partial charge in [-0.2, -0.15) is 0 Å². The van der Waals surface area contributed by atoms with Gasteiger partial charge in [-0.05, 0) is 49.7 Å². The number of ether oxygens (including phenoxy) is 2. The lowest BCUT2D eigenvalue weighted by Crippen LogP contribution is -2.66. The Hall–Kier alpha value is -1.77. The first kappa shape index (κ1) is 20.5. The first-order chi connectivity index (χ1) is 14.0. The van der Waals surface area contributed by atoms with Crippen molar-refractivity contribution in [3.05, 3.63) is 39.9 Å². The van der Waals surface area contributed by atoms with Crippen LogP contribution in [0.2, 0.25) is 0 Å². The van der Waals surface area contributed by atoms with Crippen molar-refractivity contribution in [2.45, 2.75) is 62.1 Å². The van der Waals surface area contributed by atoms with Crippen LogP contribution in [0.15, 0.2) is 24.3 Å². The van der Waals surface area contributed by atoms with E-state index in [2.05, 4.69) is 6.07 Å². The van der Waals surface area contributed by atoms with E-state index in [0.717, 1.165) is 31.4 Å². The lowest BCUT2D eigenvalue weighted by Gasteiger charge is -2.44. The van der Waals surface area contributed by atoms with Gasteiger partial charge in [0.1, 0.15) is 30.0 Å². The second-order valence-corrected chi connectivity index (χ2v) is 8.83. The number of thiocarbonyl (C=S) groups is 1. The van der Waals surface area contributed by atoms with E-state index in [1.165, 1.54) is 5.56 Å². The van der Waals surface area contributed by atoms with Gasteiger partial charge >= 0.3 is 0 Å². The van der Waals surface area contributed by atoms with E-state index >= 15 is 0 Å². The summed E-state index contributed by atoms with van der Waals surface area (Å²) >= 11 is 5.65. The Balaban J connectivity index is 1.67. The van der Waals surface area contributed by atoms with Crippen LogP contribution >= 0.6 is 12.2 Å². The summed E-state index contributed by atoms with van der Waals surface area (Å²) in [6.45, 7) is 0.479. The highest BCUT2D eigenvalue weighted by Gasteiger charge is 2.55. The Bertz CT molecular complexity index is 767. The second-order valence-electron chi connectivity index (χ2n) is 8.36. The zero-order chi connectivity index (χ0) is 20.4. The van der Waals surface area contributed by atoms with Crippen LogP contribution in [0.4, 0.5) is 0 Å². The molecule has 4 aliphatic rings. The molecule has 1 aliphatic carbocycles. The van der Waals surface area contributed by atoms with Crippen LogP contribution in [-0.2, 0) is 4.74 Å². The highest BCUT2D eigenvalue weighted by atomic mass is 32.1. The highest BCUT2D eigenvalue weighted by Crippen LogP contribution is 2.39. The summed E-state index contributed by atoms with van der Waals surface area (Å²) in [6, 6.07) is 7.50. The maximum atomic E-state index is 12.0. The van der Waals surface area contributed by atoms with Crippen LogP contribution in [0.25, 0.3) is 0 Å². The molecule has 0 amide bonds. The average Bonchev–Trinajstić information content (AvgIpc) is 2.77. The standard InChI is InChI=1S/C21H28N2O5S/c24-14-21(23(25)26)10-3-11-22-19(21)12-27-16-8-6-15(7-9-16)17-4-1-2-5-18(17)28-13-20(22)29/h1-2,4-5,15-16,19,24H,3,6-14H2/t15?,16?,19-,21+/m0/s1. The molecular weight excluding hydrogens is 392 g/mol. The van der Waals surface area contributed by atoms with Crippen LogP contribution < -0.4 is 4.74 Å². The predicted octanol–water partition coefficient (Wildman–Crippen LogP) is 2.92. The third-order valence-electron chi connectivity index (χ3n) is 6.84. The molecular formula is C21H28N2O5S. The van der Waals surface area contributed by atoms with Crippen LogP contribution in [0.5, 0.6) is 5.75 Å². The maximum Gasteiger partial charge on any atom is 0.266 e. The van der Waals surface area contributed by atoms with Gasteiger partial charge in [0, 0.05) is 17.9 Å². The Labute approximate surface area is 176 Å². The minimum absolute atomic E-state index is 0.0839. The molecule has 2 fully saturated rings. The molecule has 1 aromatic carbocycles. The third-order valence-corrected chi connectivity index (χ3v) is 7.19. The number of fused-ring (bicyclic) bond motifs is 5. The van der Waals surface area contributed by atoms with Crippen LogP contribution in [0.3, 0.4) is 0 Å². The molecule has 5 rings (SSSR count). The Morgan fingerprint density at radius 2 is 2.03 bits per heavy atom. The number of nitrogens with zero attached hydrogens (tertiary/aromatic N) is 2. The predicted molar refractivity (Wildman–Crippen MR) is 112 cm³/mol. The highest BCUT2D eigenvalue weighted by molar-refractivity contribution is 7.80. The zero-order valence-electron chi connectivity index (χ0n) is 16.5. The minimum Gasteiger partial charge on any atom is -0.486 e. The summed E-state index contributed by atoms with van der Waals surface area (Å²) in [5.41, 5.74) is -0.254. The number of hydrogen-bond donors (Lipinski definition) is 1.